The van der Waals surface area contributed by atoms with Crippen LogP contribution in [0.15, 0.2) is 9.41 Å². The number of aromatic nitrogens is 2. The number of rotatable bonds is 5. The Labute approximate surface area is 89.2 Å². The smallest absolute Gasteiger partial charge is 0.232 e. The molecule has 0 radical (unpaired) electrons. The van der Waals surface area contributed by atoms with Gasteiger partial charge in [0.15, 0.2) is 0 Å². The lowest BCUT2D eigenvalue weighted by atomic mass is 10.4. The lowest BCUT2D eigenvalue weighted by Gasteiger charge is -2.09. The molecule has 0 aromatic carbocycles. The molecule has 1 aromatic heterocycles. The van der Waals surface area contributed by atoms with E-state index < -0.39 is 0 Å². The molecule has 0 bridgehead atoms. The second-order valence-corrected chi connectivity index (χ2v) is 3.43. The molecule has 15 heavy (non-hydrogen) atoms. The summed E-state index contributed by atoms with van der Waals surface area (Å²) in [5.41, 5.74) is 5.60. The van der Waals surface area contributed by atoms with Gasteiger partial charge in [0, 0.05) is 27.1 Å². The molecule has 1 aromatic rings. The SMILES string of the molecule is CN=CN(C)CCc1nnc(C(C)N)o1. The van der Waals surface area contributed by atoms with Crippen molar-refractivity contribution in [2.75, 3.05) is 20.6 Å². The monoisotopic (exact) mass is 211 g/mol. The third kappa shape index (κ3) is 3.67. The van der Waals surface area contributed by atoms with Crippen LogP contribution in [0.4, 0.5) is 0 Å². The standard InChI is InChI=1S/C9H17N5O/c1-7(10)9-13-12-8(15-9)4-5-14(3)6-11-2/h6-7H,4-5,10H2,1-3H3. The first kappa shape index (κ1) is 11.6. The number of nitrogens with zero attached hydrogens (tertiary/aromatic N) is 4. The fraction of sp³-hybridized carbons (Fsp3) is 0.667. The summed E-state index contributed by atoms with van der Waals surface area (Å²) in [6, 6.07) is -0.207. The number of hydrogen-bond acceptors (Lipinski definition) is 5. The average molecular weight is 211 g/mol. The largest absolute Gasteiger partial charge is 0.424 e. The molecule has 0 fully saturated rings. The topological polar surface area (TPSA) is 80.5 Å². The van der Waals surface area contributed by atoms with Crippen molar-refractivity contribution >= 4 is 6.34 Å². The predicted molar refractivity (Wildman–Crippen MR) is 57.7 cm³/mol. The van der Waals surface area contributed by atoms with E-state index in [9.17, 15) is 0 Å². The molecule has 0 spiro atoms. The summed E-state index contributed by atoms with van der Waals surface area (Å²) in [5, 5.41) is 7.75. The first-order valence-corrected chi connectivity index (χ1v) is 4.84. The number of likely N-dealkylation sites (N-methyl/N-ethyl adjacent to an activating group) is 1. The van der Waals surface area contributed by atoms with Gasteiger partial charge in [0.1, 0.15) is 0 Å². The van der Waals surface area contributed by atoms with Crippen LogP contribution in [0.2, 0.25) is 0 Å². The van der Waals surface area contributed by atoms with Gasteiger partial charge in [0.05, 0.1) is 12.4 Å². The Hall–Kier alpha value is -1.43. The summed E-state index contributed by atoms with van der Waals surface area (Å²) in [6.45, 7) is 2.60. The zero-order chi connectivity index (χ0) is 11.3. The highest BCUT2D eigenvalue weighted by Gasteiger charge is 2.09. The Morgan fingerprint density at radius 3 is 2.87 bits per heavy atom. The third-order valence-corrected chi connectivity index (χ3v) is 1.86. The molecule has 0 amide bonds. The summed E-state index contributed by atoms with van der Waals surface area (Å²) in [6.07, 6.45) is 2.45. The van der Waals surface area contributed by atoms with Crippen molar-refractivity contribution in [2.24, 2.45) is 10.7 Å². The summed E-state index contributed by atoms with van der Waals surface area (Å²) in [5.74, 6) is 1.09. The highest BCUT2D eigenvalue weighted by atomic mass is 16.4. The van der Waals surface area contributed by atoms with E-state index in [1.165, 1.54) is 0 Å². The molecule has 0 aliphatic carbocycles. The Morgan fingerprint density at radius 1 is 1.60 bits per heavy atom. The van der Waals surface area contributed by atoms with Crippen LogP contribution < -0.4 is 5.73 Å². The van der Waals surface area contributed by atoms with E-state index in [0.29, 0.717) is 18.2 Å². The Kier molecular flexibility index (Phi) is 4.23. The molecule has 2 N–H and O–H groups in total. The summed E-state index contributed by atoms with van der Waals surface area (Å²) < 4.78 is 5.36. The molecule has 84 valence electrons. The molecule has 1 unspecified atom stereocenters. The zero-order valence-corrected chi connectivity index (χ0v) is 9.34. The summed E-state index contributed by atoms with van der Waals surface area (Å²) in [7, 11) is 3.67. The summed E-state index contributed by atoms with van der Waals surface area (Å²) >= 11 is 0. The molecular weight excluding hydrogens is 194 g/mol. The molecule has 1 heterocycles. The molecule has 1 rings (SSSR count). The Balaban J connectivity index is 2.44. The second-order valence-electron chi connectivity index (χ2n) is 3.43. The molecular formula is C9H17N5O. The van der Waals surface area contributed by atoms with Crippen molar-refractivity contribution in [2.45, 2.75) is 19.4 Å². The van der Waals surface area contributed by atoms with E-state index in [1.54, 1.807) is 13.4 Å². The molecule has 0 aliphatic rings. The van der Waals surface area contributed by atoms with Crippen LogP contribution in [0.5, 0.6) is 0 Å². The molecule has 1 atom stereocenters. The lowest BCUT2D eigenvalue weighted by Crippen LogP contribution is -2.19. The van der Waals surface area contributed by atoms with Crippen LogP contribution in [0.1, 0.15) is 24.7 Å². The summed E-state index contributed by atoms with van der Waals surface area (Å²) in [4.78, 5) is 5.85. The van der Waals surface area contributed by atoms with Gasteiger partial charge >= 0.3 is 0 Å². The normalized spacial score (nSPS) is 13.3. The van der Waals surface area contributed by atoms with Gasteiger partial charge < -0.3 is 15.1 Å². The first-order chi connectivity index (χ1) is 7.13. The van der Waals surface area contributed by atoms with Crippen molar-refractivity contribution in [1.29, 1.82) is 0 Å². The van der Waals surface area contributed by atoms with Gasteiger partial charge in [0.2, 0.25) is 11.8 Å². The molecule has 0 saturated carbocycles. The van der Waals surface area contributed by atoms with Crippen LogP contribution in [-0.4, -0.2) is 42.1 Å². The molecule has 6 heteroatoms. The van der Waals surface area contributed by atoms with Crippen LogP contribution in [0.25, 0.3) is 0 Å². The van der Waals surface area contributed by atoms with Gasteiger partial charge in [0.25, 0.3) is 0 Å². The zero-order valence-electron chi connectivity index (χ0n) is 9.34. The Morgan fingerprint density at radius 2 is 2.33 bits per heavy atom. The van der Waals surface area contributed by atoms with Crippen LogP contribution in [-0.2, 0) is 6.42 Å². The minimum atomic E-state index is -0.207. The lowest BCUT2D eigenvalue weighted by molar-refractivity contribution is 0.406. The van der Waals surface area contributed by atoms with Crippen molar-refractivity contribution < 1.29 is 4.42 Å². The fourth-order valence-electron chi connectivity index (χ4n) is 1.08. The number of nitrogens with two attached hydrogens (primary N) is 1. The number of aliphatic imine (C=N–C) groups is 1. The maximum atomic E-state index is 5.60. The van der Waals surface area contributed by atoms with E-state index in [2.05, 4.69) is 15.2 Å². The predicted octanol–water partition coefficient (Wildman–Crippen LogP) is 0.222. The van der Waals surface area contributed by atoms with E-state index >= 15 is 0 Å². The van der Waals surface area contributed by atoms with Gasteiger partial charge in [-0.1, -0.05) is 0 Å². The maximum absolute atomic E-state index is 5.60. The van der Waals surface area contributed by atoms with E-state index in [-0.39, 0.29) is 6.04 Å². The quantitative estimate of drug-likeness (QED) is 0.556. The average Bonchev–Trinajstić information content (AvgIpc) is 2.63. The van der Waals surface area contributed by atoms with Crippen molar-refractivity contribution in [1.82, 2.24) is 15.1 Å². The highest BCUT2D eigenvalue weighted by Crippen LogP contribution is 2.07. The van der Waals surface area contributed by atoms with Gasteiger partial charge in [-0.15, -0.1) is 10.2 Å². The van der Waals surface area contributed by atoms with Crippen molar-refractivity contribution in [3.05, 3.63) is 11.8 Å². The first-order valence-electron chi connectivity index (χ1n) is 4.84. The van der Waals surface area contributed by atoms with Crippen molar-refractivity contribution in [3.63, 3.8) is 0 Å². The minimum absolute atomic E-state index is 0.207. The second kappa shape index (κ2) is 5.45. The molecule has 0 saturated heterocycles. The van der Waals surface area contributed by atoms with Crippen LogP contribution >= 0.6 is 0 Å². The van der Waals surface area contributed by atoms with Gasteiger partial charge in [-0.2, -0.15) is 0 Å². The van der Waals surface area contributed by atoms with E-state index in [1.807, 2.05) is 18.9 Å². The maximum Gasteiger partial charge on any atom is 0.232 e. The van der Waals surface area contributed by atoms with Crippen molar-refractivity contribution in [3.8, 4) is 0 Å². The van der Waals surface area contributed by atoms with Gasteiger partial charge in [-0.25, -0.2) is 0 Å². The Bertz CT molecular complexity index is 320. The van der Waals surface area contributed by atoms with Crippen LogP contribution in [0, 0.1) is 0 Å². The van der Waals surface area contributed by atoms with Gasteiger partial charge in [-0.05, 0) is 6.92 Å². The molecule has 6 nitrogen and oxygen atoms in total. The minimum Gasteiger partial charge on any atom is -0.424 e. The van der Waals surface area contributed by atoms with Gasteiger partial charge in [-0.3, -0.25) is 4.99 Å². The van der Waals surface area contributed by atoms with E-state index in [0.717, 1.165) is 6.54 Å². The third-order valence-electron chi connectivity index (χ3n) is 1.86. The van der Waals surface area contributed by atoms with E-state index in [4.69, 9.17) is 10.2 Å². The fourth-order valence-corrected chi connectivity index (χ4v) is 1.08. The van der Waals surface area contributed by atoms with Crippen LogP contribution in [0.3, 0.4) is 0 Å². The number of hydrogen-bond donors (Lipinski definition) is 1. The highest BCUT2D eigenvalue weighted by molar-refractivity contribution is 5.53. The molecule has 0 aliphatic heterocycles.